The lowest BCUT2D eigenvalue weighted by Crippen LogP contribution is -2.18. The summed E-state index contributed by atoms with van der Waals surface area (Å²) in [4.78, 5) is 4.31. The average Bonchev–Trinajstić information content (AvgIpc) is 3.47. The molecular formula is C46H41F3N2. The third-order valence-corrected chi connectivity index (χ3v) is 11.2. The first-order chi connectivity index (χ1) is 24.1. The van der Waals surface area contributed by atoms with Gasteiger partial charge in [-0.05, 0) is 131 Å². The maximum atomic E-state index is 13.2. The van der Waals surface area contributed by atoms with Crippen LogP contribution in [0.5, 0.6) is 0 Å². The highest BCUT2D eigenvalue weighted by Gasteiger charge is 2.38. The first-order valence-electron chi connectivity index (χ1n) is 17.5. The van der Waals surface area contributed by atoms with E-state index in [1.54, 1.807) is 0 Å². The third-order valence-electron chi connectivity index (χ3n) is 11.2. The number of hydrogen-bond acceptors (Lipinski definition) is 2. The monoisotopic (exact) mass is 678 g/mol. The molecule has 8 rings (SSSR count). The van der Waals surface area contributed by atoms with Gasteiger partial charge >= 0.3 is 6.18 Å². The van der Waals surface area contributed by atoms with Gasteiger partial charge in [-0.3, -0.25) is 0 Å². The Morgan fingerprint density at radius 1 is 0.431 bits per heavy atom. The van der Waals surface area contributed by atoms with Crippen LogP contribution in [0, 0.1) is 13.8 Å². The topological polar surface area (TPSA) is 6.48 Å². The van der Waals surface area contributed by atoms with Crippen molar-refractivity contribution >= 4 is 28.4 Å². The van der Waals surface area contributed by atoms with Gasteiger partial charge in [-0.25, -0.2) is 0 Å². The Bertz CT molecular complexity index is 2330. The Labute approximate surface area is 298 Å². The molecule has 2 aliphatic rings. The van der Waals surface area contributed by atoms with E-state index in [1.165, 1.54) is 67.8 Å². The van der Waals surface area contributed by atoms with Crippen LogP contribution in [0.2, 0.25) is 0 Å². The number of alkyl halides is 3. The minimum atomic E-state index is -4.36. The fourth-order valence-corrected chi connectivity index (χ4v) is 8.20. The lowest BCUT2D eigenvalue weighted by molar-refractivity contribution is -0.137. The van der Waals surface area contributed by atoms with E-state index < -0.39 is 11.7 Å². The van der Waals surface area contributed by atoms with Crippen LogP contribution in [0.15, 0.2) is 121 Å². The van der Waals surface area contributed by atoms with E-state index in [4.69, 9.17) is 0 Å². The molecule has 2 aliphatic carbocycles. The van der Waals surface area contributed by atoms with Crippen molar-refractivity contribution in [2.24, 2.45) is 0 Å². The molecule has 0 N–H and O–H groups in total. The number of aryl methyl sites for hydroxylation is 2. The molecule has 0 unspecified atom stereocenters. The molecule has 0 saturated carbocycles. The summed E-state index contributed by atoms with van der Waals surface area (Å²) in [5.74, 6) is 0. The lowest BCUT2D eigenvalue weighted by Gasteiger charge is -2.30. The first kappa shape index (κ1) is 32.9. The standard InChI is InChI=1S/C46H41F3N2/c1-28-8-13-32(14-9-28)51(34-18-22-38-36-20-10-29(2)24-40(36)44(3,4)42(38)26-34)35-19-23-39-37-21-17-33(25-41(37)45(5,6)43(39)27-35)50(7)31-15-11-30(12-16-31)46(47,48)49/h8-27H,1-7H3. The van der Waals surface area contributed by atoms with Crippen molar-refractivity contribution in [3.05, 3.63) is 160 Å². The molecular weight excluding hydrogens is 638 g/mol. The van der Waals surface area contributed by atoms with E-state index in [0.29, 0.717) is 5.69 Å². The van der Waals surface area contributed by atoms with Gasteiger partial charge < -0.3 is 9.80 Å². The van der Waals surface area contributed by atoms with E-state index in [0.717, 1.165) is 34.9 Å². The van der Waals surface area contributed by atoms with Crippen LogP contribution in [0.1, 0.15) is 66.6 Å². The number of nitrogens with zero attached hydrogens (tertiary/aromatic N) is 2. The summed E-state index contributed by atoms with van der Waals surface area (Å²) in [6.45, 7) is 13.5. The minimum absolute atomic E-state index is 0.127. The molecule has 0 fully saturated rings. The molecule has 6 aromatic carbocycles. The maximum absolute atomic E-state index is 13.2. The van der Waals surface area contributed by atoms with Crippen molar-refractivity contribution in [3.8, 4) is 22.3 Å². The second-order valence-corrected chi connectivity index (χ2v) is 15.3. The van der Waals surface area contributed by atoms with Crippen LogP contribution < -0.4 is 9.80 Å². The van der Waals surface area contributed by atoms with E-state index in [2.05, 4.69) is 144 Å². The zero-order chi connectivity index (χ0) is 36.0. The Morgan fingerprint density at radius 3 is 1.29 bits per heavy atom. The van der Waals surface area contributed by atoms with Crippen LogP contribution in [0.3, 0.4) is 0 Å². The van der Waals surface area contributed by atoms with E-state index in [9.17, 15) is 13.2 Å². The van der Waals surface area contributed by atoms with Crippen molar-refractivity contribution < 1.29 is 13.2 Å². The summed E-state index contributed by atoms with van der Waals surface area (Å²) in [6, 6.07) is 41.0. The molecule has 0 aliphatic heterocycles. The second-order valence-electron chi connectivity index (χ2n) is 15.3. The molecule has 51 heavy (non-hydrogen) atoms. The molecule has 0 bridgehead atoms. The Hall–Kier alpha value is -5.29. The van der Waals surface area contributed by atoms with Crippen LogP contribution in [0.25, 0.3) is 22.3 Å². The molecule has 256 valence electrons. The van der Waals surface area contributed by atoms with Crippen molar-refractivity contribution in [2.45, 2.75) is 58.5 Å². The summed E-state index contributed by atoms with van der Waals surface area (Å²) >= 11 is 0. The molecule has 0 aromatic heterocycles. The number of halogens is 3. The summed E-state index contributed by atoms with van der Waals surface area (Å²) in [5.41, 5.74) is 16.5. The summed E-state index contributed by atoms with van der Waals surface area (Å²) in [7, 11) is 1.90. The number of rotatable bonds is 5. The molecule has 6 aromatic rings. The van der Waals surface area contributed by atoms with Gasteiger partial charge in [0.1, 0.15) is 0 Å². The predicted octanol–water partition coefficient (Wildman–Crippen LogP) is 13.2. The highest BCUT2D eigenvalue weighted by Crippen LogP contribution is 2.54. The second kappa shape index (κ2) is 11.4. The number of anilines is 5. The molecule has 0 atom stereocenters. The average molecular weight is 679 g/mol. The van der Waals surface area contributed by atoms with Gasteiger partial charge in [-0.15, -0.1) is 0 Å². The van der Waals surface area contributed by atoms with Crippen molar-refractivity contribution in [1.82, 2.24) is 0 Å². The van der Waals surface area contributed by atoms with Crippen LogP contribution in [0.4, 0.5) is 41.6 Å². The molecule has 0 saturated heterocycles. The highest BCUT2D eigenvalue weighted by molar-refractivity contribution is 5.89. The predicted molar refractivity (Wildman–Crippen MR) is 205 cm³/mol. The summed E-state index contributed by atoms with van der Waals surface area (Å²) in [6.07, 6.45) is -4.36. The fourth-order valence-electron chi connectivity index (χ4n) is 8.20. The van der Waals surface area contributed by atoms with E-state index in [-0.39, 0.29) is 10.8 Å². The molecule has 0 heterocycles. The minimum Gasteiger partial charge on any atom is -0.345 e. The van der Waals surface area contributed by atoms with Crippen molar-refractivity contribution in [2.75, 3.05) is 16.8 Å². The zero-order valence-electron chi connectivity index (χ0n) is 30.1. The Kier molecular flexibility index (Phi) is 7.33. The molecule has 0 radical (unpaired) electrons. The maximum Gasteiger partial charge on any atom is 0.416 e. The van der Waals surface area contributed by atoms with Gasteiger partial charge in [0.05, 0.1) is 5.56 Å². The molecule has 5 heteroatoms. The van der Waals surface area contributed by atoms with Crippen LogP contribution in [-0.4, -0.2) is 7.05 Å². The SMILES string of the molecule is Cc1ccc(N(c2ccc3c(c2)C(C)(C)c2cc(C)ccc2-3)c2ccc3c(c2)C(C)(C)c2cc(N(C)c4ccc(C(F)(F)F)cc4)ccc2-3)cc1. The zero-order valence-corrected chi connectivity index (χ0v) is 30.1. The lowest BCUT2D eigenvalue weighted by atomic mass is 9.81. The van der Waals surface area contributed by atoms with E-state index in [1.807, 2.05) is 11.9 Å². The molecule has 0 amide bonds. The first-order valence-corrected chi connectivity index (χ1v) is 17.5. The van der Waals surface area contributed by atoms with Crippen LogP contribution >= 0.6 is 0 Å². The third kappa shape index (κ3) is 5.24. The fraction of sp³-hybridized carbons (Fsp3) is 0.217. The summed E-state index contributed by atoms with van der Waals surface area (Å²) < 4.78 is 39.7. The molecule has 0 spiro atoms. The smallest absolute Gasteiger partial charge is 0.345 e. The van der Waals surface area contributed by atoms with Crippen molar-refractivity contribution in [1.29, 1.82) is 0 Å². The number of benzene rings is 6. The quantitative estimate of drug-likeness (QED) is 0.179. The highest BCUT2D eigenvalue weighted by atomic mass is 19.4. The van der Waals surface area contributed by atoms with Crippen LogP contribution in [-0.2, 0) is 17.0 Å². The number of hydrogen-bond donors (Lipinski definition) is 0. The molecule has 2 nitrogen and oxygen atoms in total. The Morgan fingerprint density at radius 2 is 0.804 bits per heavy atom. The normalized spacial score (nSPS) is 14.8. The van der Waals surface area contributed by atoms with Gasteiger partial charge in [0.2, 0.25) is 0 Å². The van der Waals surface area contributed by atoms with Gasteiger partial charge in [0.15, 0.2) is 0 Å². The summed E-state index contributed by atoms with van der Waals surface area (Å²) in [5, 5.41) is 0. The van der Waals surface area contributed by atoms with E-state index >= 15 is 0 Å². The Balaban J connectivity index is 1.19. The largest absolute Gasteiger partial charge is 0.416 e. The van der Waals surface area contributed by atoms with Gasteiger partial charge in [-0.1, -0.05) is 87.4 Å². The number of fused-ring (bicyclic) bond motifs is 6. The van der Waals surface area contributed by atoms with Gasteiger partial charge in [-0.2, -0.15) is 13.2 Å². The van der Waals surface area contributed by atoms with Gasteiger partial charge in [0, 0.05) is 46.3 Å². The van der Waals surface area contributed by atoms with Gasteiger partial charge in [0.25, 0.3) is 0 Å². The van der Waals surface area contributed by atoms with Crippen molar-refractivity contribution in [3.63, 3.8) is 0 Å².